The van der Waals surface area contributed by atoms with Gasteiger partial charge in [-0.05, 0) is 48.4 Å². The molecule has 3 saturated heterocycles. The Bertz CT molecular complexity index is 2280. The zero-order chi connectivity index (χ0) is 38.7. The largest absolute Gasteiger partial charge is 0.496 e. The lowest BCUT2D eigenvalue weighted by Gasteiger charge is -2.48. The zero-order valence-electron chi connectivity index (χ0n) is 31.6. The van der Waals surface area contributed by atoms with Gasteiger partial charge in [0.15, 0.2) is 0 Å². The number of anilines is 2. The summed E-state index contributed by atoms with van der Waals surface area (Å²) < 4.78 is 13.5. The van der Waals surface area contributed by atoms with E-state index in [-0.39, 0.29) is 24.0 Å². The maximum atomic E-state index is 13.4. The fourth-order valence-corrected chi connectivity index (χ4v) is 8.25. The van der Waals surface area contributed by atoms with Gasteiger partial charge in [0.1, 0.15) is 23.4 Å². The average molecular weight is 749 g/mol. The molecule has 55 heavy (non-hydrogen) atoms. The second-order valence-electron chi connectivity index (χ2n) is 14.8. The molecule has 4 aromatic rings. The SMILES string of the molecule is COc1cc(-c2cn(C)c(=O)c3cnc(N(C)C)cc23)cc(OC)c1CN1CC(N2CCN(c3ccc4c(c3)C(=O)N(C3CCC(=O)NC3=O)C4=O)CC2)C1. The molecule has 2 aromatic heterocycles. The number of methoxy groups -OCH3 is 2. The molecular weight excluding hydrogens is 704 g/mol. The molecule has 1 unspecified atom stereocenters. The lowest BCUT2D eigenvalue weighted by atomic mass is 9.97. The van der Waals surface area contributed by atoms with Crippen molar-refractivity contribution >= 4 is 45.9 Å². The lowest BCUT2D eigenvalue weighted by molar-refractivity contribution is -0.136. The minimum absolute atomic E-state index is 0.0850. The first-order valence-electron chi connectivity index (χ1n) is 18.4. The summed E-state index contributed by atoms with van der Waals surface area (Å²) in [6.45, 7) is 5.68. The van der Waals surface area contributed by atoms with Gasteiger partial charge in [0.2, 0.25) is 11.8 Å². The molecule has 286 valence electrons. The van der Waals surface area contributed by atoms with Crippen molar-refractivity contribution in [3.05, 3.63) is 75.8 Å². The van der Waals surface area contributed by atoms with Crippen LogP contribution < -0.4 is 30.1 Å². The van der Waals surface area contributed by atoms with Crippen LogP contribution in [0.5, 0.6) is 11.5 Å². The number of hydrogen-bond donors (Lipinski definition) is 1. The van der Waals surface area contributed by atoms with Gasteiger partial charge in [-0.15, -0.1) is 0 Å². The topological polar surface area (TPSA) is 150 Å². The molecule has 4 aliphatic heterocycles. The van der Waals surface area contributed by atoms with Crippen molar-refractivity contribution < 1.29 is 28.7 Å². The number of aryl methyl sites for hydroxylation is 1. The first-order chi connectivity index (χ1) is 26.4. The standard InChI is InChI=1S/C40H44N8O7/c1-43(2)35-17-27-29(18-41-35)38(51)44(3)21-30(27)23-14-33(54-4)31(34(15-23)55-5)22-45-19-25(20-45)47-12-10-46(11-13-47)24-6-7-26-28(16-24)40(53)48(39(26)52)32-8-9-36(49)42-37(32)50/h6-7,14-18,21,25,32H,8-13,19-20,22H2,1-5H3,(H,42,49,50). The number of pyridine rings is 2. The van der Waals surface area contributed by atoms with Gasteiger partial charge >= 0.3 is 0 Å². The molecule has 0 radical (unpaired) electrons. The Morgan fingerprint density at radius 3 is 2.20 bits per heavy atom. The summed E-state index contributed by atoms with van der Waals surface area (Å²) >= 11 is 0. The first-order valence-corrected chi connectivity index (χ1v) is 18.4. The second-order valence-corrected chi connectivity index (χ2v) is 14.8. The van der Waals surface area contributed by atoms with Gasteiger partial charge in [-0.25, -0.2) is 4.98 Å². The summed E-state index contributed by atoms with van der Waals surface area (Å²) in [6, 6.07) is 10.7. The van der Waals surface area contributed by atoms with Gasteiger partial charge in [0, 0.05) is 108 Å². The number of likely N-dealkylation sites (tertiary alicyclic amines) is 1. The van der Waals surface area contributed by atoms with E-state index in [9.17, 15) is 24.0 Å². The summed E-state index contributed by atoms with van der Waals surface area (Å²) in [5, 5.41) is 3.59. The Kier molecular flexibility index (Phi) is 9.29. The molecule has 1 N–H and O–H groups in total. The van der Waals surface area contributed by atoms with Gasteiger partial charge < -0.3 is 23.8 Å². The fraction of sp³-hybridized carbons (Fsp3) is 0.400. The van der Waals surface area contributed by atoms with Crippen LogP contribution in [0, 0.1) is 0 Å². The number of carbonyl (C=O) groups is 4. The molecule has 3 fully saturated rings. The Balaban J connectivity index is 0.918. The molecule has 0 aliphatic carbocycles. The van der Waals surface area contributed by atoms with Gasteiger partial charge in [0.25, 0.3) is 17.4 Å². The Morgan fingerprint density at radius 2 is 1.55 bits per heavy atom. The number of fused-ring (bicyclic) bond motifs is 2. The van der Waals surface area contributed by atoms with Crippen molar-refractivity contribution in [3.63, 3.8) is 0 Å². The summed E-state index contributed by atoms with van der Waals surface area (Å²) in [4.78, 5) is 78.1. The van der Waals surface area contributed by atoms with Crippen molar-refractivity contribution in [3.8, 4) is 22.6 Å². The third-order valence-electron chi connectivity index (χ3n) is 11.4. The van der Waals surface area contributed by atoms with Crippen LogP contribution in [0.25, 0.3) is 21.9 Å². The van der Waals surface area contributed by atoms with E-state index in [1.54, 1.807) is 44.2 Å². The number of ether oxygens (including phenoxy) is 2. The zero-order valence-corrected chi connectivity index (χ0v) is 31.6. The molecule has 4 amide bonds. The van der Waals surface area contributed by atoms with E-state index in [4.69, 9.17) is 9.47 Å². The molecule has 15 heteroatoms. The Morgan fingerprint density at radius 1 is 0.855 bits per heavy atom. The molecule has 0 saturated carbocycles. The number of rotatable bonds is 9. The second kappa shape index (κ2) is 14.1. The Labute approximate surface area is 318 Å². The van der Waals surface area contributed by atoms with Crippen molar-refractivity contribution in [2.24, 2.45) is 7.05 Å². The van der Waals surface area contributed by atoms with Crippen LogP contribution in [0.3, 0.4) is 0 Å². The number of carbonyl (C=O) groups excluding carboxylic acids is 4. The number of nitrogens with zero attached hydrogens (tertiary/aromatic N) is 7. The minimum atomic E-state index is -0.983. The summed E-state index contributed by atoms with van der Waals surface area (Å²) in [5.41, 5.74) is 4.04. The fourth-order valence-electron chi connectivity index (χ4n) is 8.25. The van der Waals surface area contributed by atoms with E-state index in [0.29, 0.717) is 35.0 Å². The van der Waals surface area contributed by atoms with Crippen LogP contribution in [0.2, 0.25) is 0 Å². The summed E-state index contributed by atoms with van der Waals surface area (Å²) in [7, 11) is 8.91. The normalized spacial score (nSPS) is 19.5. The molecule has 4 aliphatic rings. The molecule has 6 heterocycles. The Hall–Kier alpha value is -5.80. The van der Waals surface area contributed by atoms with Gasteiger partial charge in [0.05, 0.1) is 36.3 Å². The number of nitrogens with one attached hydrogen (secondary N) is 1. The third-order valence-corrected chi connectivity index (χ3v) is 11.4. The van der Waals surface area contributed by atoms with E-state index in [1.807, 2.05) is 49.5 Å². The minimum Gasteiger partial charge on any atom is -0.496 e. The van der Waals surface area contributed by atoms with E-state index in [0.717, 1.165) is 77.8 Å². The van der Waals surface area contributed by atoms with Crippen LogP contribution in [-0.2, 0) is 23.2 Å². The van der Waals surface area contributed by atoms with Crippen LogP contribution in [0.15, 0.2) is 53.6 Å². The molecule has 2 aromatic carbocycles. The predicted molar refractivity (Wildman–Crippen MR) is 206 cm³/mol. The molecule has 0 spiro atoms. The van der Waals surface area contributed by atoms with Gasteiger partial charge in [-0.2, -0.15) is 0 Å². The first kappa shape index (κ1) is 36.2. The van der Waals surface area contributed by atoms with Crippen LogP contribution in [0.4, 0.5) is 11.5 Å². The van der Waals surface area contributed by atoms with E-state index < -0.39 is 29.7 Å². The number of piperazine rings is 1. The maximum Gasteiger partial charge on any atom is 0.262 e. The van der Waals surface area contributed by atoms with Crippen LogP contribution in [-0.4, -0.2) is 128 Å². The highest BCUT2D eigenvalue weighted by Gasteiger charge is 2.45. The maximum absolute atomic E-state index is 13.4. The van der Waals surface area contributed by atoms with Crippen LogP contribution in [0.1, 0.15) is 39.1 Å². The van der Waals surface area contributed by atoms with Crippen LogP contribution >= 0.6 is 0 Å². The number of aromatic nitrogens is 2. The predicted octanol–water partition coefficient (Wildman–Crippen LogP) is 2.09. The van der Waals surface area contributed by atoms with Crippen molar-refractivity contribution in [1.82, 2.24) is 29.6 Å². The molecule has 0 bridgehead atoms. The highest BCUT2D eigenvalue weighted by atomic mass is 16.5. The number of amides is 4. The van der Waals surface area contributed by atoms with E-state index in [2.05, 4.69) is 25.0 Å². The van der Waals surface area contributed by atoms with Crippen molar-refractivity contribution in [2.75, 3.05) is 77.4 Å². The number of hydrogen-bond acceptors (Lipinski definition) is 12. The van der Waals surface area contributed by atoms with Gasteiger partial charge in [-0.1, -0.05) is 0 Å². The monoisotopic (exact) mass is 748 g/mol. The third kappa shape index (κ3) is 6.36. The summed E-state index contributed by atoms with van der Waals surface area (Å²) in [5.74, 6) is 0.173. The highest BCUT2D eigenvalue weighted by Crippen LogP contribution is 2.39. The van der Waals surface area contributed by atoms with Gasteiger partial charge in [-0.3, -0.25) is 44.0 Å². The van der Waals surface area contributed by atoms with E-state index >= 15 is 0 Å². The number of piperidine rings is 1. The molecule has 8 rings (SSSR count). The number of imide groups is 2. The quantitative estimate of drug-likeness (QED) is 0.250. The average Bonchev–Trinajstić information content (AvgIpc) is 3.41. The molecular formula is C40H44N8O7. The smallest absolute Gasteiger partial charge is 0.262 e. The van der Waals surface area contributed by atoms with Crippen molar-refractivity contribution in [2.45, 2.75) is 31.5 Å². The van der Waals surface area contributed by atoms with E-state index in [1.165, 1.54) is 0 Å². The highest BCUT2D eigenvalue weighted by molar-refractivity contribution is 6.23. The molecule has 1 atom stereocenters. The number of benzene rings is 2. The van der Waals surface area contributed by atoms with Crippen molar-refractivity contribution in [1.29, 1.82) is 0 Å². The lowest BCUT2D eigenvalue weighted by Crippen LogP contribution is -2.62. The molecule has 15 nitrogen and oxygen atoms in total. The summed E-state index contributed by atoms with van der Waals surface area (Å²) in [6.07, 6.45) is 3.70.